The number of aldehydes is 1. The van der Waals surface area contributed by atoms with Gasteiger partial charge in [0.1, 0.15) is 18.3 Å². The lowest BCUT2D eigenvalue weighted by Crippen LogP contribution is -2.42. The summed E-state index contributed by atoms with van der Waals surface area (Å²) in [4.78, 5) is 11.5. The first-order valence-corrected chi connectivity index (χ1v) is 11.7. The number of carbonyl (C=O) groups is 1. The number of aliphatic hydroxyl groups is 1. The Morgan fingerprint density at radius 2 is 1.97 bits per heavy atom. The van der Waals surface area contributed by atoms with E-state index in [2.05, 4.69) is 31.8 Å². The van der Waals surface area contributed by atoms with Gasteiger partial charge in [0.25, 0.3) is 0 Å². The Balaban J connectivity index is 5.19. The van der Waals surface area contributed by atoms with E-state index in [9.17, 15) is 9.90 Å². The van der Waals surface area contributed by atoms with Crippen LogP contribution in [0.5, 0.6) is 0 Å². The van der Waals surface area contributed by atoms with Gasteiger partial charge < -0.3 is 14.6 Å². The van der Waals surface area contributed by atoms with E-state index in [1.165, 1.54) is 25.7 Å². The lowest BCUT2D eigenvalue weighted by atomic mass is 10.0. The molecule has 0 aromatic heterocycles. The van der Waals surface area contributed by atoms with Crippen molar-refractivity contribution in [2.75, 3.05) is 12.4 Å². The highest BCUT2D eigenvalue weighted by molar-refractivity contribution is 7.80. The molecular weight excluding hydrogens is 382 g/mol. The van der Waals surface area contributed by atoms with Gasteiger partial charge in [0.15, 0.2) is 0 Å². The lowest BCUT2D eigenvalue weighted by Gasteiger charge is -2.24. The van der Waals surface area contributed by atoms with Crippen LogP contribution in [0.15, 0.2) is 35.1 Å². The largest absolute Gasteiger partial charge is 0.497 e. The van der Waals surface area contributed by atoms with E-state index in [-0.39, 0.29) is 0 Å². The third-order valence-electron chi connectivity index (χ3n) is 4.98. The molecule has 0 radical (unpaired) electrons. The molecule has 29 heavy (non-hydrogen) atoms. The fraction of sp³-hybridized carbons (Fsp3) is 0.708. The Morgan fingerprint density at radius 1 is 1.24 bits per heavy atom. The Hall–Kier alpha value is -1.04. The molecule has 0 aromatic rings. The predicted octanol–water partition coefficient (Wildman–Crippen LogP) is 5.59. The Labute approximate surface area is 184 Å². The summed E-state index contributed by atoms with van der Waals surface area (Å²) in [5.41, 5.74) is 1.58. The molecule has 0 saturated heterocycles. The van der Waals surface area contributed by atoms with Crippen LogP contribution in [0.3, 0.4) is 0 Å². The third-order valence-corrected chi connectivity index (χ3v) is 5.32. The van der Waals surface area contributed by atoms with E-state index >= 15 is 0 Å². The standard InChI is InChI=1S/C24H43NO3S/c1-6-9-11-12-14-19(4)17-28-23(15-10-7-2)21(18-29)24(27)25-22(16-26)20(5)13-8-3/h7,10,13,16,19,22,24-25,27,29H,6,8-9,11-12,14-15,17-18H2,1-5H3/b10-7+,20-13-,23-21-. The molecule has 0 bridgehead atoms. The van der Waals surface area contributed by atoms with Crippen molar-refractivity contribution in [1.29, 1.82) is 0 Å². The van der Waals surface area contributed by atoms with Crippen molar-refractivity contribution in [3.05, 3.63) is 35.1 Å². The van der Waals surface area contributed by atoms with Gasteiger partial charge in [0, 0.05) is 17.7 Å². The Morgan fingerprint density at radius 3 is 2.52 bits per heavy atom. The highest BCUT2D eigenvalue weighted by Gasteiger charge is 2.20. The predicted molar refractivity (Wildman–Crippen MR) is 127 cm³/mol. The number of ether oxygens (including phenoxy) is 1. The zero-order chi connectivity index (χ0) is 22.1. The van der Waals surface area contributed by atoms with Crippen LogP contribution in [-0.2, 0) is 9.53 Å². The molecule has 168 valence electrons. The van der Waals surface area contributed by atoms with Gasteiger partial charge in [-0.05, 0) is 32.6 Å². The fourth-order valence-corrected chi connectivity index (χ4v) is 3.43. The van der Waals surface area contributed by atoms with E-state index in [0.717, 1.165) is 30.5 Å². The van der Waals surface area contributed by atoms with Crippen molar-refractivity contribution < 1.29 is 14.6 Å². The van der Waals surface area contributed by atoms with E-state index in [1.807, 2.05) is 39.0 Å². The molecule has 0 fully saturated rings. The number of hydrogen-bond donors (Lipinski definition) is 3. The lowest BCUT2D eigenvalue weighted by molar-refractivity contribution is -0.109. The van der Waals surface area contributed by atoms with Crippen LogP contribution in [0.2, 0.25) is 0 Å². The quantitative estimate of drug-likeness (QED) is 0.0710. The molecule has 5 heteroatoms. The molecular formula is C24H43NO3S. The zero-order valence-electron chi connectivity index (χ0n) is 19.1. The third kappa shape index (κ3) is 12.3. The van der Waals surface area contributed by atoms with E-state index < -0.39 is 12.3 Å². The van der Waals surface area contributed by atoms with Crippen molar-refractivity contribution in [1.82, 2.24) is 5.32 Å². The van der Waals surface area contributed by atoms with Crippen LogP contribution < -0.4 is 5.32 Å². The number of carbonyl (C=O) groups excluding carboxylic acids is 1. The fourth-order valence-electron chi connectivity index (χ4n) is 3.08. The van der Waals surface area contributed by atoms with Gasteiger partial charge in [-0.2, -0.15) is 12.6 Å². The van der Waals surface area contributed by atoms with E-state index in [4.69, 9.17) is 4.74 Å². The molecule has 0 heterocycles. The number of nitrogens with one attached hydrogen (secondary N) is 1. The van der Waals surface area contributed by atoms with Gasteiger partial charge in [0.2, 0.25) is 0 Å². The van der Waals surface area contributed by atoms with Gasteiger partial charge in [-0.15, -0.1) is 0 Å². The summed E-state index contributed by atoms with van der Waals surface area (Å²) in [6, 6.07) is -0.528. The molecule has 0 spiro atoms. The second-order valence-electron chi connectivity index (χ2n) is 7.68. The number of aliphatic hydroxyl groups excluding tert-OH is 1. The zero-order valence-corrected chi connectivity index (χ0v) is 20.0. The summed E-state index contributed by atoms with van der Waals surface area (Å²) in [6.07, 6.45) is 13.4. The van der Waals surface area contributed by atoms with Crippen LogP contribution in [0.25, 0.3) is 0 Å². The number of thiol groups is 1. The Bertz CT molecular complexity index is 528. The van der Waals surface area contributed by atoms with Crippen LogP contribution in [-0.4, -0.2) is 36.0 Å². The van der Waals surface area contributed by atoms with Crippen LogP contribution in [0.1, 0.15) is 79.6 Å². The first kappa shape index (κ1) is 28.0. The molecule has 2 N–H and O–H groups in total. The molecule has 3 atom stereocenters. The minimum atomic E-state index is -0.983. The second-order valence-corrected chi connectivity index (χ2v) is 8.00. The minimum Gasteiger partial charge on any atom is -0.497 e. The first-order valence-electron chi connectivity index (χ1n) is 11.1. The number of rotatable bonds is 17. The van der Waals surface area contributed by atoms with Crippen molar-refractivity contribution in [3.8, 4) is 0 Å². The topological polar surface area (TPSA) is 58.6 Å². The maximum absolute atomic E-state index is 11.5. The highest BCUT2D eigenvalue weighted by Crippen LogP contribution is 2.20. The normalized spacial score (nSPS) is 16.4. The molecule has 0 saturated carbocycles. The maximum atomic E-state index is 11.5. The molecule has 0 amide bonds. The highest BCUT2D eigenvalue weighted by atomic mass is 32.1. The molecule has 3 unspecified atom stereocenters. The van der Waals surface area contributed by atoms with Crippen molar-refractivity contribution >= 4 is 18.9 Å². The van der Waals surface area contributed by atoms with E-state index in [1.54, 1.807) is 0 Å². The summed E-state index contributed by atoms with van der Waals surface area (Å²) < 4.78 is 6.14. The number of hydrogen-bond acceptors (Lipinski definition) is 5. The average Bonchev–Trinajstić information content (AvgIpc) is 2.71. The van der Waals surface area contributed by atoms with Crippen molar-refractivity contribution in [2.24, 2.45) is 5.92 Å². The monoisotopic (exact) mass is 425 g/mol. The van der Waals surface area contributed by atoms with Crippen LogP contribution >= 0.6 is 12.6 Å². The van der Waals surface area contributed by atoms with Crippen LogP contribution in [0, 0.1) is 5.92 Å². The number of allylic oxidation sites excluding steroid dienone is 3. The van der Waals surface area contributed by atoms with Gasteiger partial charge >= 0.3 is 0 Å². The molecule has 0 aliphatic heterocycles. The summed E-state index contributed by atoms with van der Waals surface area (Å²) in [6.45, 7) is 10.9. The van der Waals surface area contributed by atoms with Crippen molar-refractivity contribution in [3.63, 3.8) is 0 Å². The van der Waals surface area contributed by atoms with Gasteiger partial charge in [-0.3, -0.25) is 5.32 Å². The molecule has 0 aliphatic carbocycles. The SMILES string of the molecule is C/C=C/C/C(OCC(C)CCCCCC)=C(\CS)C(O)NC(C=O)/C(C)=C\CC. The van der Waals surface area contributed by atoms with E-state index in [0.29, 0.717) is 30.3 Å². The summed E-state index contributed by atoms with van der Waals surface area (Å²) in [5, 5.41) is 13.8. The van der Waals surface area contributed by atoms with Gasteiger partial charge in [0.05, 0.1) is 12.6 Å². The summed E-state index contributed by atoms with van der Waals surface area (Å²) >= 11 is 4.42. The summed E-state index contributed by atoms with van der Waals surface area (Å²) in [5.74, 6) is 1.55. The second kappa shape index (κ2) is 17.8. The van der Waals surface area contributed by atoms with Gasteiger partial charge in [-0.1, -0.05) is 70.3 Å². The van der Waals surface area contributed by atoms with Gasteiger partial charge in [-0.25, -0.2) is 0 Å². The molecule has 0 aromatic carbocycles. The molecule has 0 aliphatic rings. The Kier molecular flexibility index (Phi) is 17.1. The first-order chi connectivity index (χ1) is 13.9. The summed E-state index contributed by atoms with van der Waals surface area (Å²) in [7, 11) is 0. The number of unbranched alkanes of at least 4 members (excludes halogenated alkanes) is 3. The molecule has 4 nitrogen and oxygen atoms in total. The van der Waals surface area contributed by atoms with Crippen LogP contribution in [0.4, 0.5) is 0 Å². The average molecular weight is 426 g/mol. The maximum Gasteiger partial charge on any atom is 0.141 e. The van der Waals surface area contributed by atoms with Crippen molar-refractivity contribution in [2.45, 2.75) is 91.8 Å². The smallest absolute Gasteiger partial charge is 0.141 e. The minimum absolute atomic E-state index is 0.355. The molecule has 0 rings (SSSR count).